The maximum absolute atomic E-state index is 12.3. The minimum absolute atomic E-state index is 0.0480. The quantitative estimate of drug-likeness (QED) is 0.920. The molecule has 1 atom stereocenters. The lowest BCUT2D eigenvalue weighted by Gasteiger charge is -2.32. The van der Waals surface area contributed by atoms with Gasteiger partial charge in [0.2, 0.25) is 11.8 Å². The lowest BCUT2D eigenvalue weighted by molar-refractivity contribution is -0.138. The maximum Gasteiger partial charge on any atom is 0.225 e. The van der Waals surface area contributed by atoms with Gasteiger partial charge in [0.25, 0.3) is 0 Å². The number of hydrogen-bond donors (Lipinski definition) is 1. The van der Waals surface area contributed by atoms with Gasteiger partial charge in [-0.05, 0) is 31.7 Å². The second-order valence-electron chi connectivity index (χ2n) is 6.22. The van der Waals surface area contributed by atoms with Crippen LogP contribution in [0.4, 0.5) is 0 Å². The third-order valence-electron chi connectivity index (χ3n) is 4.35. The van der Waals surface area contributed by atoms with Crippen LogP contribution in [0.3, 0.4) is 0 Å². The van der Waals surface area contributed by atoms with Gasteiger partial charge in [-0.25, -0.2) is 0 Å². The summed E-state index contributed by atoms with van der Waals surface area (Å²) in [6, 6.07) is 8.57. The molecule has 0 spiro atoms. The van der Waals surface area contributed by atoms with Crippen molar-refractivity contribution < 1.29 is 9.59 Å². The molecular formula is C17H22N2O2. The number of carbonyl (C=O) groups is 2. The van der Waals surface area contributed by atoms with Crippen molar-refractivity contribution in [1.29, 1.82) is 0 Å². The molecule has 2 fully saturated rings. The van der Waals surface area contributed by atoms with Gasteiger partial charge < -0.3 is 10.2 Å². The normalized spacial score (nSPS) is 22.2. The van der Waals surface area contributed by atoms with Crippen LogP contribution in [0.25, 0.3) is 0 Å². The third kappa shape index (κ3) is 3.43. The molecule has 1 N–H and O–H groups in total. The van der Waals surface area contributed by atoms with E-state index in [0.717, 1.165) is 18.4 Å². The van der Waals surface area contributed by atoms with Crippen LogP contribution in [-0.2, 0) is 16.1 Å². The molecule has 1 saturated heterocycles. The molecule has 1 aliphatic heterocycles. The number of nitrogens with zero attached hydrogens (tertiary/aromatic N) is 1. The first-order valence-corrected chi connectivity index (χ1v) is 7.76. The number of piperidine rings is 1. The van der Waals surface area contributed by atoms with Crippen LogP contribution in [0.5, 0.6) is 0 Å². The molecule has 0 unspecified atom stereocenters. The van der Waals surface area contributed by atoms with E-state index in [4.69, 9.17) is 0 Å². The molecule has 2 aliphatic rings. The molecule has 4 heteroatoms. The Morgan fingerprint density at radius 2 is 2.14 bits per heavy atom. The number of likely N-dealkylation sites (tertiary alicyclic amines) is 1. The summed E-state index contributed by atoms with van der Waals surface area (Å²) in [4.78, 5) is 26.1. The predicted molar refractivity (Wildman–Crippen MR) is 80.5 cm³/mol. The van der Waals surface area contributed by atoms with Gasteiger partial charge in [-0.3, -0.25) is 9.59 Å². The molecule has 1 heterocycles. The maximum atomic E-state index is 12.3. The minimum atomic E-state index is -0.0480. The molecule has 21 heavy (non-hydrogen) atoms. The van der Waals surface area contributed by atoms with Gasteiger partial charge in [0.05, 0.1) is 5.92 Å². The molecule has 0 radical (unpaired) electrons. The summed E-state index contributed by atoms with van der Waals surface area (Å²) in [5, 5.41) is 3.01. The fourth-order valence-corrected chi connectivity index (χ4v) is 2.98. The Kier molecular flexibility index (Phi) is 3.95. The van der Waals surface area contributed by atoms with Crippen molar-refractivity contribution >= 4 is 11.8 Å². The standard InChI is InChI=1S/C17H22N2O2/c1-12-3-2-4-13(9-12)10-18-17(21)14-5-8-16(20)19(11-14)15-6-7-15/h2-4,9,14-15H,5-8,10-11H2,1H3,(H,18,21)/t14-/m0/s1. The van der Waals surface area contributed by atoms with E-state index >= 15 is 0 Å². The van der Waals surface area contributed by atoms with E-state index in [1.54, 1.807) is 0 Å². The molecule has 2 amide bonds. The summed E-state index contributed by atoms with van der Waals surface area (Å²) in [7, 11) is 0. The van der Waals surface area contributed by atoms with Crippen LogP contribution in [0.2, 0.25) is 0 Å². The first-order chi connectivity index (χ1) is 10.1. The summed E-state index contributed by atoms with van der Waals surface area (Å²) in [6.45, 7) is 3.21. The van der Waals surface area contributed by atoms with E-state index in [-0.39, 0.29) is 17.7 Å². The molecule has 3 rings (SSSR count). The predicted octanol–water partition coefficient (Wildman–Crippen LogP) is 2.01. The van der Waals surface area contributed by atoms with E-state index in [1.807, 2.05) is 30.0 Å². The lowest BCUT2D eigenvalue weighted by Crippen LogP contribution is -2.46. The van der Waals surface area contributed by atoms with E-state index in [9.17, 15) is 9.59 Å². The number of amides is 2. The Balaban J connectivity index is 1.54. The summed E-state index contributed by atoms with van der Waals surface area (Å²) in [6.07, 6.45) is 3.40. The van der Waals surface area contributed by atoms with Crippen LogP contribution < -0.4 is 5.32 Å². The highest BCUT2D eigenvalue weighted by Crippen LogP contribution is 2.31. The Bertz CT molecular complexity index is 551. The molecule has 1 aromatic rings. The van der Waals surface area contributed by atoms with Crippen molar-refractivity contribution in [2.45, 2.75) is 45.2 Å². The number of benzene rings is 1. The van der Waals surface area contributed by atoms with Crippen molar-refractivity contribution in [1.82, 2.24) is 10.2 Å². The first-order valence-electron chi connectivity index (χ1n) is 7.76. The number of rotatable bonds is 4. The second-order valence-corrected chi connectivity index (χ2v) is 6.22. The Morgan fingerprint density at radius 3 is 2.86 bits per heavy atom. The van der Waals surface area contributed by atoms with Crippen LogP contribution in [0.1, 0.15) is 36.8 Å². The van der Waals surface area contributed by atoms with Gasteiger partial charge in [-0.15, -0.1) is 0 Å². The summed E-state index contributed by atoms with van der Waals surface area (Å²) < 4.78 is 0. The molecule has 0 aromatic heterocycles. The van der Waals surface area contributed by atoms with Crippen molar-refractivity contribution in [2.24, 2.45) is 5.92 Å². The average molecular weight is 286 g/mol. The zero-order valence-corrected chi connectivity index (χ0v) is 12.5. The lowest BCUT2D eigenvalue weighted by atomic mass is 9.96. The Hall–Kier alpha value is -1.84. The van der Waals surface area contributed by atoms with Crippen LogP contribution in [0.15, 0.2) is 24.3 Å². The van der Waals surface area contributed by atoms with E-state index < -0.39 is 0 Å². The van der Waals surface area contributed by atoms with Gasteiger partial charge in [0, 0.05) is 25.6 Å². The average Bonchev–Trinajstić information content (AvgIpc) is 3.30. The van der Waals surface area contributed by atoms with Gasteiger partial charge in [-0.1, -0.05) is 29.8 Å². The first kappa shape index (κ1) is 14.1. The van der Waals surface area contributed by atoms with Crippen LogP contribution in [-0.4, -0.2) is 29.3 Å². The van der Waals surface area contributed by atoms with Gasteiger partial charge in [0.1, 0.15) is 0 Å². The van der Waals surface area contributed by atoms with Crippen molar-refractivity contribution in [3.63, 3.8) is 0 Å². The summed E-state index contributed by atoms with van der Waals surface area (Å²) in [5.41, 5.74) is 2.32. The second kappa shape index (κ2) is 5.88. The topological polar surface area (TPSA) is 49.4 Å². The zero-order valence-electron chi connectivity index (χ0n) is 12.5. The smallest absolute Gasteiger partial charge is 0.225 e. The Morgan fingerprint density at radius 1 is 1.33 bits per heavy atom. The largest absolute Gasteiger partial charge is 0.352 e. The number of nitrogens with one attached hydrogen (secondary N) is 1. The number of carbonyl (C=O) groups excluding carboxylic acids is 2. The fraction of sp³-hybridized carbons (Fsp3) is 0.529. The van der Waals surface area contributed by atoms with Gasteiger partial charge >= 0.3 is 0 Å². The van der Waals surface area contributed by atoms with Crippen molar-refractivity contribution in [3.05, 3.63) is 35.4 Å². The molecular weight excluding hydrogens is 264 g/mol. The Labute approximate surface area is 125 Å². The molecule has 1 saturated carbocycles. The SMILES string of the molecule is Cc1cccc(CNC(=O)[C@H]2CCC(=O)N(C3CC3)C2)c1. The summed E-state index contributed by atoms with van der Waals surface area (Å²) >= 11 is 0. The van der Waals surface area contributed by atoms with Crippen LogP contribution >= 0.6 is 0 Å². The molecule has 0 bridgehead atoms. The molecule has 1 aliphatic carbocycles. The minimum Gasteiger partial charge on any atom is -0.352 e. The van der Waals surface area contributed by atoms with E-state index in [2.05, 4.69) is 11.4 Å². The highest BCUT2D eigenvalue weighted by molar-refractivity contribution is 5.84. The zero-order chi connectivity index (χ0) is 14.8. The fourth-order valence-electron chi connectivity index (χ4n) is 2.98. The monoisotopic (exact) mass is 286 g/mol. The number of aryl methyl sites for hydroxylation is 1. The molecule has 4 nitrogen and oxygen atoms in total. The highest BCUT2D eigenvalue weighted by Gasteiger charge is 2.38. The third-order valence-corrected chi connectivity index (χ3v) is 4.35. The van der Waals surface area contributed by atoms with E-state index in [0.29, 0.717) is 32.0 Å². The number of hydrogen-bond acceptors (Lipinski definition) is 2. The van der Waals surface area contributed by atoms with Crippen molar-refractivity contribution in [2.75, 3.05) is 6.54 Å². The van der Waals surface area contributed by atoms with Gasteiger partial charge in [-0.2, -0.15) is 0 Å². The van der Waals surface area contributed by atoms with Crippen molar-refractivity contribution in [3.8, 4) is 0 Å². The highest BCUT2D eigenvalue weighted by atomic mass is 16.2. The van der Waals surface area contributed by atoms with Gasteiger partial charge in [0.15, 0.2) is 0 Å². The molecule has 112 valence electrons. The van der Waals surface area contributed by atoms with E-state index in [1.165, 1.54) is 5.56 Å². The van der Waals surface area contributed by atoms with Crippen LogP contribution in [0, 0.1) is 12.8 Å². The summed E-state index contributed by atoms with van der Waals surface area (Å²) in [5.74, 6) is 0.253. The molecule has 1 aromatic carbocycles.